The number of carboxylic acid groups (broad SMARTS) is 1. The molecular formula is C6H14N2O4. The van der Waals surface area contributed by atoms with E-state index in [4.69, 9.17) is 20.3 Å². The lowest BCUT2D eigenvalue weighted by atomic mass is 10.2. The predicted octanol–water partition coefficient (Wildman–Crippen LogP) is 0.295. The standard InChI is InChI=1S/C4H10N2O2.C2H4O2/c1-3(5-7)4(2)6-8;1-2(3)4/h3,5,7-8H,1-2H3;1H3,(H,3,4)/b6-4-;. The van der Waals surface area contributed by atoms with Gasteiger partial charge in [0.15, 0.2) is 0 Å². The molecule has 12 heavy (non-hydrogen) atoms. The van der Waals surface area contributed by atoms with Crippen molar-refractivity contribution in [1.82, 2.24) is 5.48 Å². The van der Waals surface area contributed by atoms with Gasteiger partial charge in [0, 0.05) is 6.92 Å². The highest BCUT2D eigenvalue weighted by Crippen LogP contribution is 1.82. The van der Waals surface area contributed by atoms with Crippen LogP contribution in [0.5, 0.6) is 0 Å². The molecule has 0 saturated heterocycles. The molecule has 6 heteroatoms. The number of aliphatic carboxylic acids is 1. The van der Waals surface area contributed by atoms with Crippen molar-refractivity contribution in [2.45, 2.75) is 26.8 Å². The largest absolute Gasteiger partial charge is 0.481 e. The van der Waals surface area contributed by atoms with E-state index in [0.717, 1.165) is 6.92 Å². The van der Waals surface area contributed by atoms with Crippen LogP contribution in [0, 0.1) is 0 Å². The summed E-state index contributed by atoms with van der Waals surface area (Å²) in [6.07, 6.45) is 0. The van der Waals surface area contributed by atoms with Gasteiger partial charge in [-0.25, -0.2) is 0 Å². The number of rotatable bonds is 2. The predicted molar refractivity (Wildman–Crippen MR) is 42.6 cm³/mol. The summed E-state index contributed by atoms with van der Waals surface area (Å²) in [4.78, 5) is 9.00. The Balaban J connectivity index is 0. The average Bonchev–Trinajstić information content (AvgIpc) is 2.00. The van der Waals surface area contributed by atoms with Crippen LogP contribution in [0.25, 0.3) is 0 Å². The van der Waals surface area contributed by atoms with Gasteiger partial charge in [-0.15, -0.1) is 0 Å². The molecule has 6 nitrogen and oxygen atoms in total. The highest BCUT2D eigenvalue weighted by Gasteiger charge is 2.01. The van der Waals surface area contributed by atoms with Gasteiger partial charge in [0.05, 0.1) is 11.8 Å². The third kappa shape index (κ3) is 11.6. The minimum Gasteiger partial charge on any atom is -0.481 e. The van der Waals surface area contributed by atoms with E-state index in [0.29, 0.717) is 5.71 Å². The average molecular weight is 178 g/mol. The van der Waals surface area contributed by atoms with Crippen LogP contribution in [-0.2, 0) is 4.79 Å². The zero-order valence-electron chi connectivity index (χ0n) is 7.27. The molecule has 0 saturated carbocycles. The Hall–Kier alpha value is -1.14. The van der Waals surface area contributed by atoms with Gasteiger partial charge in [0.1, 0.15) is 0 Å². The topological polar surface area (TPSA) is 102 Å². The number of hydroxylamine groups is 1. The summed E-state index contributed by atoms with van der Waals surface area (Å²) in [5.74, 6) is -0.833. The summed E-state index contributed by atoms with van der Waals surface area (Å²) in [6, 6.07) is -0.278. The zero-order chi connectivity index (χ0) is 10.1. The Morgan fingerprint density at radius 1 is 1.50 bits per heavy atom. The Morgan fingerprint density at radius 3 is 1.92 bits per heavy atom. The summed E-state index contributed by atoms with van der Waals surface area (Å²) in [5, 5.41) is 26.5. The molecule has 1 atom stereocenters. The van der Waals surface area contributed by atoms with Gasteiger partial charge in [-0.2, -0.15) is 5.48 Å². The lowest BCUT2D eigenvalue weighted by Crippen LogP contribution is -2.29. The van der Waals surface area contributed by atoms with Crippen LogP contribution in [0.15, 0.2) is 5.16 Å². The maximum Gasteiger partial charge on any atom is 0.300 e. The molecule has 0 aromatic rings. The number of nitrogens with zero attached hydrogens (tertiary/aromatic N) is 1. The molecule has 1 unspecified atom stereocenters. The number of carbonyl (C=O) groups is 1. The number of nitrogens with one attached hydrogen (secondary N) is 1. The number of carboxylic acids is 1. The first-order chi connectivity index (χ1) is 5.45. The highest BCUT2D eigenvalue weighted by atomic mass is 16.5. The van der Waals surface area contributed by atoms with E-state index >= 15 is 0 Å². The van der Waals surface area contributed by atoms with Crippen LogP contribution in [0.3, 0.4) is 0 Å². The molecule has 0 fully saturated rings. The van der Waals surface area contributed by atoms with Gasteiger partial charge in [0.2, 0.25) is 0 Å². The molecule has 0 radical (unpaired) electrons. The molecular weight excluding hydrogens is 164 g/mol. The van der Waals surface area contributed by atoms with E-state index in [1.807, 2.05) is 5.48 Å². The minimum atomic E-state index is -0.833. The maximum absolute atomic E-state index is 9.00. The lowest BCUT2D eigenvalue weighted by Gasteiger charge is -2.04. The summed E-state index contributed by atoms with van der Waals surface area (Å²) in [5.41, 5.74) is 2.38. The summed E-state index contributed by atoms with van der Waals surface area (Å²) < 4.78 is 0. The first-order valence-corrected chi connectivity index (χ1v) is 3.23. The molecule has 0 aromatic carbocycles. The molecule has 4 N–H and O–H groups in total. The molecule has 0 heterocycles. The molecule has 0 amide bonds. The zero-order valence-corrected chi connectivity index (χ0v) is 7.27. The smallest absolute Gasteiger partial charge is 0.300 e. The SMILES string of the molecule is C/C(=N/O)C(C)NO.CC(=O)O. The van der Waals surface area contributed by atoms with Crippen molar-refractivity contribution >= 4 is 11.7 Å². The van der Waals surface area contributed by atoms with Crippen molar-refractivity contribution in [2.75, 3.05) is 0 Å². The number of oxime groups is 1. The third-order valence-electron chi connectivity index (χ3n) is 0.978. The molecule has 0 aliphatic rings. The Bertz CT molecular complexity index is 154. The second kappa shape index (κ2) is 7.96. The van der Waals surface area contributed by atoms with Gasteiger partial charge in [-0.05, 0) is 13.8 Å². The van der Waals surface area contributed by atoms with Crippen LogP contribution in [-0.4, -0.2) is 33.2 Å². The van der Waals surface area contributed by atoms with Crippen molar-refractivity contribution < 1.29 is 20.3 Å². The van der Waals surface area contributed by atoms with Crippen LogP contribution >= 0.6 is 0 Å². The lowest BCUT2D eigenvalue weighted by molar-refractivity contribution is -0.134. The van der Waals surface area contributed by atoms with Crippen LogP contribution in [0.1, 0.15) is 20.8 Å². The van der Waals surface area contributed by atoms with Crippen molar-refractivity contribution in [3.05, 3.63) is 0 Å². The van der Waals surface area contributed by atoms with Crippen molar-refractivity contribution in [3.63, 3.8) is 0 Å². The third-order valence-corrected chi connectivity index (χ3v) is 0.978. The van der Waals surface area contributed by atoms with Gasteiger partial charge >= 0.3 is 0 Å². The molecule has 0 rings (SSSR count). The van der Waals surface area contributed by atoms with Crippen LogP contribution in [0.4, 0.5) is 0 Å². The summed E-state index contributed by atoms with van der Waals surface area (Å²) >= 11 is 0. The second-order valence-electron chi connectivity index (χ2n) is 2.11. The monoisotopic (exact) mass is 178 g/mol. The van der Waals surface area contributed by atoms with Crippen LogP contribution in [0.2, 0.25) is 0 Å². The van der Waals surface area contributed by atoms with Crippen molar-refractivity contribution in [3.8, 4) is 0 Å². The Morgan fingerprint density at radius 2 is 1.83 bits per heavy atom. The van der Waals surface area contributed by atoms with Gasteiger partial charge in [-0.1, -0.05) is 5.16 Å². The fourth-order valence-electron chi connectivity index (χ4n) is 0.180. The molecule has 0 aliphatic heterocycles. The van der Waals surface area contributed by atoms with E-state index in [2.05, 4.69) is 5.16 Å². The van der Waals surface area contributed by atoms with E-state index < -0.39 is 5.97 Å². The van der Waals surface area contributed by atoms with E-state index in [1.54, 1.807) is 13.8 Å². The van der Waals surface area contributed by atoms with Gasteiger partial charge < -0.3 is 15.5 Å². The molecule has 0 bridgehead atoms. The highest BCUT2D eigenvalue weighted by molar-refractivity contribution is 5.86. The molecule has 72 valence electrons. The first-order valence-electron chi connectivity index (χ1n) is 3.23. The van der Waals surface area contributed by atoms with Crippen molar-refractivity contribution in [1.29, 1.82) is 0 Å². The Labute approximate surface area is 70.5 Å². The maximum atomic E-state index is 9.00. The number of hydrogen-bond acceptors (Lipinski definition) is 5. The quantitative estimate of drug-likeness (QED) is 0.276. The van der Waals surface area contributed by atoms with E-state index in [-0.39, 0.29) is 6.04 Å². The minimum absolute atomic E-state index is 0.278. The normalized spacial score (nSPS) is 12.8. The molecule has 0 aromatic heterocycles. The Kier molecular flexibility index (Phi) is 8.92. The first kappa shape index (κ1) is 13.4. The van der Waals surface area contributed by atoms with Gasteiger partial charge in [-0.3, -0.25) is 4.79 Å². The summed E-state index contributed by atoms with van der Waals surface area (Å²) in [6.45, 7) is 4.36. The number of hydrogen-bond donors (Lipinski definition) is 4. The fraction of sp³-hybridized carbons (Fsp3) is 0.667. The molecule has 0 aliphatic carbocycles. The van der Waals surface area contributed by atoms with E-state index in [1.165, 1.54) is 0 Å². The second-order valence-corrected chi connectivity index (χ2v) is 2.11. The summed E-state index contributed by atoms with van der Waals surface area (Å²) in [7, 11) is 0. The van der Waals surface area contributed by atoms with Gasteiger partial charge in [0.25, 0.3) is 5.97 Å². The van der Waals surface area contributed by atoms with Crippen LogP contribution < -0.4 is 5.48 Å². The molecule has 0 spiro atoms. The fourth-order valence-corrected chi connectivity index (χ4v) is 0.180. The van der Waals surface area contributed by atoms with Crippen molar-refractivity contribution in [2.24, 2.45) is 5.16 Å². The van der Waals surface area contributed by atoms with E-state index in [9.17, 15) is 0 Å².